The van der Waals surface area contributed by atoms with Gasteiger partial charge in [0.25, 0.3) is 0 Å². The first-order chi connectivity index (χ1) is 19.4. The van der Waals surface area contributed by atoms with Gasteiger partial charge in [-0.3, -0.25) is 9.69 Å². The monoisotopic (exact) mass is 571 g/mol. The first-order valence-electron chi connectivity index (χ1n) is 13.4. The standard InChI is InChI=1S/C28H34FN5O5S/c1-16(26(36)32-23(15-35)17-11-18(29)13-20(12-17)38-2)34-8-4-24-21(27(34)37)14-25(40-24)22-3-7-30-28(33-22)31-19-5-9-39-10-6-19/h3,7,11-14,16,19,23,27,35,37H,4-6,8-10,15H2,1-2H3,(H,32,36)(H,30,31,33)/t16-,23-,27?/m1/s1. The van der Waals surface area contributed by atoms with Crippen LogP contribution in [0.3, 0.4) is 0 Å². The highest BCUT2D eigenvalue weighted by molar-refractivity contribution is 7.15. The molecule has 2 aromatic heterocycles. The third-order valence-electron chi connectivity index (χ3n) is 7.40. The van der Waals surface area contributed by atoms with Crippen molar-refractivity contribution in [3.8, 4) is 16.3 Å². The zero-order valence-electron chi connectivity index (χ0n) is 22.5. The second-order valence-electron chi connectivity index (χ2n) is 9.99. The van der Waals surface area contributed by atoms with Crippen LogP contribution in [0.5, 0.6) is 5.75 Å². The number of carbonyl (C=O) groups excluding carboxylic acids is 1. The molecular formula is C28H34FN5O5S. The molecule has 4 N–H and O–H groups in total. The molecule has 1 aromatic carbocycles. The van der Waals surface area contributed by atoms with E-state index < -0.39 is 30.7 Å². The number of hydrogen-bond acceptors (Lipinski definition) is 10. The summed E-state index contributed by atoms with van der Waals surface area (Å²) in [6, 6.07) is 6.57. The molecule has 12 heteroatoms. The van der Waals surface area contributed by atoms with E-state index in [9.17, 15) is 19.4 Å². The second-order valence-corrected chi connectivity index (χ2v) is 11.1. The summed E-state index contributed by atoms with van der Waals surface area (Å²) in [5.74, 6) is -0.0619. The number of fused-ring (bicyclic) bond motifs is 1. The Balaban J connectivity index is 1.27. The molecule has 0 bridgehead atoms. The number of nitrogens with zero attached hydrogens (tertiary/aromatic N) is 3. The molecule has 1 fully saturated rings. The number of methoxy groups -OCH3 is 1. The Bertz CT molecular complexity index is 1330. The summed E-state index contributed by atoms with van der Waals surface area (Å²) < 4.78 is 24.5. The lowest BCUT2D eigenvalue weighted by Crippen LogP contribution is -2.50. The molecular weight excluding hydrogens is 537 g/mol. The van der Waals surface area contributed by atoms with E-state index in [2.05, 4.69) is 15.6 Å². The maximum absolute atomic E-state index is 14.0. The molecule has 0 radical (unpaired) electrons. The van der Waals surface area contributed by atoms with Crippen LogP contribution < -0.4 is 15.4 Å². The molecule has 2 aliphatic heterocycles. The predicted molar refractivity (Wildman–Crippen MR) is 149 cm³/mol. The minimum absolute atomic E-state index is 0.275. The van der Waals surface area contributed by atoms with Gasteiger partial charge < -0.3 is 30.3 Å². The van der Waals surface area contributed by atoms with Crippen molar-refractivity contribution < 1.29 is 28.9 Å². The van der Waals surface area contributed by atoms with Gasteiger partial charge in [-0.2, -0.15) is 0 Å². The van der Waals surface area contributed by atoms with Crippen LogP contribution in [-0.2, 0) is 16.0 Å². The second kappa shape index (κ2) is 12.6. The molecule has 3 aromatic rings. The number of thiophene rings is 1. The number of hydrogen-bond donors (Lipinski definition) is 4. The number of amides is 1. The summed E-state index contributed by atoms with van der Waals surface area (Å²) in [5.41, 5.74) is 1.90. The zero-order valence-corrected chi connectivity index (χ0v) is 23.3. The molecule has 214 valence electrons. The third kappa shape index (κ3) is 6.26. The highest BCUT2D eigenvalue weighted by atomic mass is 32.1. The number of halogens is 1. The van der Waals surface area contributed by atoms with Crippen LogP contribution in [-0.4, -0.2) is 76.5 Å². The number of benzene rings is 1. The predicted octanol–water partition coefficient (Wildman–Crippen LogP) is 3.03. The molecule has 1 unspecified atom stereocenters. The lowest BCUT2D eigenvalue weighted by atomic mass is 10.0. The van der Waals surface area contributed by atoms with Crippen molar-refractivity contribution >= 4 is 23.2 Å². The van der Waals surface area contributed by atoms with Gasteiger partial charge >= 0.3 is 0 Å². The fourth-order valence-electron chi connectivity index (χ4n) is 5.09. The normalized spacial score (nSPS) is 19.5. The maximum atomic E-state index is 14.0. The molecule has 1 amide bonds. The fourth-order valence-corrected chi connectivity index (χ4v) is 6.24. The largest absolute Gasteiger partial charge is 0.497 e. The van der Waals surface area contributed by atoms with Crippen LogP contribution in [0.4, 0.5) is 10.3 Å². The molecule has 4 heterocycles. The minimum Gasteiger partial charge on any atom is -0.497 e. The van der Waals surface area contributed by atoms with Crippen molar-refractivity contribution in [1.29, 1.82) is 0 Å². The van der Waals surface area contributed by atoms with E-state index in [0.717, 1.165) is 47.1 Å². The minimum atomic E-state index is -0.988. The Labute approximate surface area is 236 Å². The van der Waals surface area contributed by atoms with E-state index in [1.807, 2.05) is 12.1 Å². The van der Waals surface area contributed by atoms with E-state index in [0.29, 0.717) is 24.5 Å². The number of aliphatic hydroxyl groups excluding tert-OH is 2. The number of carbonyl (C=O) groups is 1. The van der Waals surface area contributed by atoms with Gasteiger partial charge in [0.2, 0.25) is 11.9 Å². The van der Waals surface area contributed by atoms with Crippen molar-refractivity contribution in [1.82, 2.24) is 20.2 Å². The third-order valence-corrected chi connectivity index (χ3v) is 8.63. The van der Waals surface area contributed by atoms with E-state index in [-0.39, 0.29) is 17.7 Å². The van der Waals surface area contributed by atoms with Crippen LogP contribution in [0.15, 0.2) is 36.5 Å². The lowest BCUT2D eigenvalue weighted by Gasteiger charge is -2.36. The highest BCUT2D eigenvalue weighted by Crippen LogP contribution is 2.39. The molecule has 10 nitrogen and oxygen atoms in total. The maximum Gasteiger partial charge on any atom is 0.237 e. The van der Waals surface area contributed by atoms with Crippen LogP contribution in [0.2, 0.25) is 0 Å². The van der Waals surface area contributed by atoms with Gasteiger partial charge in [0, 0.05) is 48.5 Å². The van der Waals surface area contributed by atoms with Crippen molar-refractivity contribution in [3.05, 3.63) is 58.3 Å². The first kappa shape index (κ1) is 28.4. The molecule has 0 aliphatic carbocycles. The van der Waals surface area contributed by atoms with Gasteiger partial charge in [-0.1, -0.05) is 0 Å². The first-order valence-corrected chi connectivity index (χ1v) is 14.2. The summed E-state index contributed by atoms with van der Waals surface area (Å²) in [4.78, 5) is 25.9. The molecule has 0 saturated carbocycles. The van der Waals surface area contributed by atoms with E-state index in [1.165, 1.54) is 19.2 Å². The van der Waals surface area contributed by atoms with Crippen LogP contribution in [0.25, 0.3) is 10.6 Å². The summed E-state index contributed by atoms with van der Waals surface area (Å²) >= 11 is 1.58. The molecule has 2 aliphatic rings. The fraction of sp³-hybridized carbons (Fsp3) is 0.464. The van der Waals surface area contributed by atoms with E-state index >= 15 is 0 Å². The highest BCUT2D eigenvalue weighted by Gasteiger charge is 2.34. The Morgan fingerprint density at radius 2 is 2.10 bits per heavy atom. The number of aliphatic hydroxyl groups is 2. The van der Waals surface area contributed by atoms with E-state index in [4.69, 9.17) is 14.5 Å². The molecule has 0 spiro atoms. The van der Waals surface area contributed by atoms with Crippen molar-refractivity contribution in [2.45, 2.75) is 50.5 Å². The number of anilines is 1. The Morgan fingerprint density at radius 1 is 1.30 bits per heavy atom. The van der Waals surface area contributed by atoms with Crippen LogP contribution >= 0.6 is 11.3 Å². The summed E-state index contributed by atoms with van der Waals surface area (Å²) in [6.45, 7) is 3.20. The average molecular weight is 572 g/mol. The van der Waals surface area contributed by atoms with Gasteiger partial charge in [-0.25, -0.2) is 14.4 Å². The van der Waals surface area contributed by atoms with Crippen LogP contribution in [0.1, 0.15) is 48.0 Å². The number of nitrogens with one attached hydrogen (secondary N) is 2. The van der Waals surface area contributed by atoms with Gasteiger partial charge in [-0.15, -0.1) is 11.3 Å². The molecule has 3 atom stereocenters. The Morgan fingerprint density at radius 3 is 2.85 bits per heavy atom. The summed E-state index contributed by atoms with van der Waals surface area (Å²) in [7, 11) is 1.42. The topological polar surface area (TPSA) is 129 Å². The SMILES string of the molecule is COc1cc(F)cc([C@@H](CO)NC(=O)[C@@H](C)N2CCc3sc(-c4ccnc(NC5CCOCC5)n4)cc3C2O)c1. The Hall–Kier alpha value is -3.16. The summed E-state index contributed by atoms with van der Waals surface area (Å²) in [5, 5.41) is 27.4. The smallest absolute Gasteiger partial charge is 0.237 e. The molecule has 40 heavy (non-hydrogen) atoms. The van der Waals surface area contributed by atoms with Crippen LogP contribution in [0, 0.1) is 5.82 Å². The quantitative estimate of drug-likeness (QED) is 0.306. The van der Waals surface area contributed by atoms with Gasteiger partial charge in [0.15, 0.2) is 0 Å². The average Bonchev–Trinajstić information content (AvgIpc) is 3.41. The lowest BCUT2D eigenvalue weighted by molar-refractivity contribution is -0.132. The van der Waals surface area contributed by atoms with Crippen molar-refractivity contribution in [3.63, 3.8) is 0 Å². The zero-order chi connectivity index (χ0) is 28.2. The van der Waals surface area contributed by atoms with E-state index in [1.54, 1.807) is 35.4 Å². The van der Waals surface area contributed by atoms with Gasteiger partial charge in [-0.05, 0) is 56.0 Å². The van der Waals surface area contributed by atoms with Crippen molar-refractivity contribution in [2.24, 2.45) is 0 Å². The molecule has 5 rings (SSSR count). The number of aromatic nitrogens is 2. The number of ether oxygens (including phenoxy) is 2. The van der Waals surface area contributed by atoms with Gasteiger partial charge in [0.1, 0.15) is 17.8 Å². The summed E-state index contributed by atoms with van der Waals surface area (Å²) in [6.07, 6.45) is 3.22. The number of rotatable bonds is 9. The van der Waals surface area contributed by atoms with Crippen molar-refractivity contribution in [2.75, 3.05) is 38.8 Å². The van der Waals surface area contributed by atoms with Gasteiger partial charge in [0.05, 0.1) is 36.4 Å². The Kier molecular flexibility index (Phi) is 8.91. The molecule has 1 saturated heterocycles.